The molecule has 1 rings (SSSR count). The van der Waals surface area contributed by atoms with Crippen LogP contribution in [0.4, 0.5) is 4.39 Å². The quantitative estimate of drug-likeness (QED) is 0.570. The molecular weight excluding hydrogens is 139 g/mol. The van der Waals surface area contributed by atoms with Crippen LogP contribution in [-0.4, -0.2) is 6.67 Å². The van der Waals surface area contributed by atoms with E-state index >= 15 is 0 Å². The van der Waals surface area contributed by atoms with E-state index in [1.807, 2.05) is 6.08 Å². The van der Waals surface area contributed by atoms with Gasteiger partial charge in [-0.1, -0.05) is 31.7 Å². The van der Waals surface area contributed by atoms with Gasteiger partial charge in [0.1, 0.15) is 6.67 Å². The van der Waals surface area contributed by atoms with Gasteiger partial charge in [-0.15, -0.1) is 0 Å². The molecule has 60 valence electrons. The number of halogens is 1. The number of alkyl halides is 1. The minimum absolute atomic E-state index is 0.383. The molecule has 0 radical (unpaired) electrons. The van der Waals surface area contributed by atoms with Crippen molar-refractivity contribution in [3.05, 3.63) is 36.0 Å². The molecule has 0 N–H and O–H groups in total. The molecule has 0 amide bonds. The van der Waals surface area contributed by atoms with Gasteiger partial charge in [-0.2, -0.15) is 0 Å². The van der Waals surface area contributed by atoms with Crippen molar-refractivity contribution < 1.29 is 4.39 Å². The standard InChI is InChI=1S/C10H13F/c1-8-7-10(9(8)2)5-3-4-6-11/h3-5,8H,2,6-7H2,1H3/b4-3-,10-5-. The highest BCUT2D eigenvalue weighted by atomic mass is 19.1. The zero-order chi connectivity index (χ0) is 8.27. The molecule has 0 aromatic heterocycles. The van der Waals surface area contributed by atoms with E-state index in [9.17, 15) is 4.39 Å². The third kappa shape index (κ3) is 1.79. The van der Waals surface area contributed by atoms with Crippen LogP contribution in [0.5, 0.6) is 0 Å². The summed E-state index contributed by atoms with van der Waals surface area (Å²) in [6, 6.07) is 0. The monoisotopic (exact) mass is 152 g/mol. The van der Waals surface area contributed by atoms with Crippen molar-refractivity contribution in [1.29, 1.82) is 0 Å². The maximum absolute atomic E-state index is 11.6. The molecular formula is C10H13F. The Labute approximate surface area is 67.1 Å². The number of hydrogen-bond acceptors (Lipinski definition) is 0. The van der Waals surface area contributed by atoms with Gasteiger partial charge in [0, 0.05) is 0 Å². The van der Waals surface area contributed by atoms with Crippen LogP contribution >= 0.6 is 0 Å². The fourth-order valence-electron chi connectivity index (χ4n) is 1.18. The Morgan fingerprint density at radius 1 is 1.73 bits per heavy atom. The summed E-state index contributed by atoms with van der Waals surface area (Å²) in [7, 11) is 0. The summed E-state index contributed by atoms with van der Waals surface area (Å²) in [5, 5.41) is 0. The topological polar surface area (TPSA) is 0 Å². The summed E-state index contributed by atoms with van der Waals surface area (Å²) in [6.45, 7) is 5.67. The van der Waals surface area contributed by atoms with E-state index in [1.165, 1.54) is 17.2 Å². The van der Waals surface area contributed by atoms with E-state index in [2.05, 4.69) is 13.5 Å². The first-order valence-corrected chi connectivity index (χ1v) is 3.86. The van der Waals surface area contributed by atoms with E-state index in [1.54, 1.807) is 6.08 Å². The Morgan fingerprint density at radius 3 is 2.91 bits per heavy atom. The molecule has 0 aromatic rings. The Kier molecular flexibility index (Phi) is 2.64. The smallest absolute Gasteiger partial charge is 0.108 e. The first-order chi connectivity index (χ1) is 5.25. The minimum atomic E-state index is -0.383. The third-order valence-electron chi connectivity index (χ3n) is 2.06. The lowest BCUT2D eigenvalue weighted by Gasteiger charge is -2.28. The molecule has 1 atom stereocenters. The zero-order valence-corrected chi connectivity index (χ0v) is 6.81. The van der Waals surface area contributed by atoms with Gasteiger partial charge in [0.2, 0.25) is 0 Å². The summed E-state index contributed by atoms with van der Waals surface area (Å²) in [4.78, 5) is 0. The Balaban J connectivity index is 2.45. The van der Waals surface area contributed by atoms with Gasteiger partial charge in [-0.05, 0) is 23.5 Å². The summed E-state index contributed by atoms with van der Waals surface area (Å²) >= 11 is 0. The molecule has 1 saturated carbocycles. The summed E-state index contributed by atoms with van der Waals surface area (Å²) in [6.07, 6.45) is 6.30. The molecule has 0 saturated heterocycles. The van der Waals surface area contributed by atoms with Gasteiger partial charge < -0.3 is 0 Å². The maximum atomic E-state index is 11.6. The van der Waals surface area contributed by atoms with Crippen molar-refractivity contribution in [2.75, 3.05) is 6.67 Å². The lowest BCUT2D eigenvalue weighted by atomic mass is 9.77. The van der Waals surface area contributed by atoms with E-state index in [4.69, 9.17) is 0 Å². The van der Waals surface area contributed by atoms with Crippen LogP contribution in [-0.2, 0) is 0 Å². The van der Waals surface area contributed by atoms with E-state index in [-0.39, 0.29) is 6.67 Å². The fourth-order valence-corrected chi connectivity index (χ4v) is 1.18. The normalized spacial score (nSPS) is 28.0. The summed E-state index contributed by atoms with van der Waals surface area (Å²) in [5.41, 5.74) is 2.47. The van der Waals surface area contributed by atoms with Crippen LogP contribution in [0.2, 0.25) is 0 Å². The highest BCUT2D eigenvalue weighted by molar-refractivity contribution is 5.41. The zero-order valence-electron chi connectivity index (χ0n) is 6.81. The predicted molar refractivity (Wildman–Crippen MR) is 46.1 cm³/mol. The molecule has 1 aliphatic carbocycles. The molecule has 1 aliphatic rings. The van der Waals surface area contributed by atoms with Gasteiger partial charge in [-0.3, -0.25) is 0 Å². The molecule has 1 heteroatoms. The van der Waals surface area contributed by atoms with Gasteiger partial charge in [0.05, 0.1) is 0 Å². The maximum Gasteiger partial charge on any atom is 0.108 e. The van der Waals surface area contributed by atoms with Crippen LogP contribution in [0.15, 0.2) is 36.0 Å². The second-order valence-corrected chi connectivity index (χ2v) is 2.90. The molecule has 0 aliphatic heterocycles. The largest absolute Gasteiger partial charge is 0.247 e. The number of rotatable bonds is 2. The van der Waals surface area contributed by atoms with Gasteiger partial charge in [0.25, 0.3) is 0 Å². The van der Waals surface area contributed by atoms with Crippen molar-refractivity contribution in [3.8, 4) is 0 Å². The third-order valence-corrected chi connectivity index (χ3v) is 2.06. The molecule has 1 fully saturated rings. The fraction of sp³-hybridized carbons (Fsp3) is 0.400. The second-order valence-electron chi connectivity index (χ2n) is 2.90. The predicted octanol–water partition coefficient (Wildman–Crippen LogP) is 3.03. The van der Waals surface area contributed by atoms with Crippen LogP contribution in [0, 0.1) is 5.92 Å². The number of allylic oxidation sites excluding steroid dienone is 5. The van der Waals surface area contributed by atoms with Crippen LogP contribution in [0.3, 0.4) is 0 Å². The molecule has 0 bridgehead atoms. The second kappa shape index (κ2) is 3.51. The van der Waals surface area contributed by atoms with Crippen molar-refractivity contribution in [1.82, 2.24) is 0 Å². The minimum Gasteiger partial charge on any atom is -0.247 e. The average Bonchev–Trinajstić information content (AvgIpc) is 2.03. The lowest BCUT2D eigenvalue weighted by molar-refractivity contribution is 0.561. The molecule has 11 heavy (non-hydrogen) atoms. The van der Waals surface area contributed by atoms with Crippen molar-refractivity contribution in [2.45, 2.75) is 13.3 Å². The Hall–Kier alpha value is -0.850. The van der Waals surface area contributed by atoms with Gasteiger partial charge in [0.15, 0.2) is 0 Å². The van der Waals surface area contributed by atoms with E-state index in [0.717, 1.165) is 6.42 Å². The number of hydrogen-bond donors (Lipinski definition) is 0. The SMILES string of the molecule is C=C1/C(=C\C=C/CF)CC1C. The van der Waals surface area contributed by atoms with Crippen molar-refractivity contribution in [2.24, 2.45) is 5.92 Å². The molecule has 0 heterocycles. The van der Waals surface area contributed by atoms with Crippen LogP contribution < -0.4 is 0 Å². The molecule has 0 spiro atoms. The molecule has 1 unspecified atom stereocenters. The highest BCUT2D eigenvalue weighted by Gasteiger charge is 2.21. The Bertz CT molecular complexity index is 211. The van der Waals surface area contributed by atoms with Crippen molar-refractivity contribution >= 4 is 0 Å². The molecule has 0 nitrogen and oxygen atoms in total. The Morgan fingerprint density at radius 2 is 2.45 bits per heavy atom. The lowest BCUT2D eigenvalue weighted by Crippen LogP contribution is -2.14. The van der Waals surface area contributed by atoms with Gasteiger partial charge in [-0.25, -0.2) is 4.39 Å². The van der Waals surface area contributed by atoms with Crippen molar-refractivity contribution in [3.63, 3.8) is 0 Å². The van der Waals surface area contributed by atoms with Crippen LogP contribution in [0.25, 0.3) is 0 Å². The first kappa shape index (κ1) is 8.25. The van der Waals surface area contributed by atoms with Gasteiger partial charge >= 0.3 is 0 Å². The van der Waals surface area contributed by atoms with Crippen LogP contribution in [0.1, 0.15) is 13.3 Å². The molecule has 0 aromatic carbocycles. The highest BCUT2D eigenvalue weighted by Crippen LogP contribution is 2.37. The van der Waals surface area contributed by atoms with E-state index in [0.29, 0.717) is 5.92 Å². The van der Waals surface area contributed by atoms with E-state index < -0.39 is 0 Å². The first-order valence-electron chi connectivity index (χ1n) is 3.86. The summed E-state index contributed by atoms with van der Waals surface area (Å²) < 4.78 is 11.6. The summed E-state index contributed by atoms with van der Waals surface area (Å²) in [5.74, 6) is 0.625. The average molecular weight is 152 g/mol.